The summed E-state index contributed by atoms with van der Waals surface area (Å²) in [6.45, 7) is 7.36. The van der Waals surface area contributed by atoms with Crippen LogP contribution in [-0.4, -0.2) is 83.2 Å². The molecule has 0 heterocycles. The zero-order chi connectivity index (χ0) is 14.9. The number of aliphatic hydroxyl groups is 2. The Bertz CT molecular complexity index is 229. The van der Waals surface area contributed by atoms with Crippen LogP contribution in [0.15, 0.2) is 0 Å². The third-order valence-corrected chi connectivity index (χ3v) is 1.93. The number of carboxylic acids is 2. The molecule has 0 amide bonds. The quantitative estimate of drug-likeness (QED) is 0.494. The molecule has 0 rings (SSSR count). The summed E-state index contributed by atoms with van der Waals surface area (Å²) in [7, 11) is 0. The van der Waals surface area contributed by atoms with E-state index in [-0.39, 0.29) is 73.6 Å². The Morgan fingerprint density at radius 3 is 1.11 bits per heavy atom. The van der Waals surface area contributed by atoms with Crippen molar-refractivity contribution >= 4 is 60.8 Å². The third-order valence-electron chi connectivity index (χ3n) is 1.93. The van der Waals surface area contributed by atoms with Crippen molar-refractivity contribution in [2.75, 3.05) is 0 Å². The smallest absolute Gasteiger partial charge is 0.547 e. The van der Waals surface area contributed by atoms with Crippen molar-refractivity contribution in [1.29, 1.82) is 0 Å². The minimum Gasteiger partial charge on any atom is -0.547 e. The van der Waals surface area contributed by atoms with Crippen LogP contribution in [0.2, 0.25) is 0 Å². The summed E-state index contributed by atoms with van der Waals surface area (Å²) in [5, 5.41) is 37.0. The Balaban J connectivity index is -0.000000256. The van der Waals surface area contributed by atoms with Crippen molar-refractivity contribution in [2.24, 2.45) is 11.8 Å². The number of aliphatic carboxylic acids is 2. The normalized spacial score (nSPS) is 13.1. The molecule has 7 heteroatoms. The van der Waals surface area contributed by atoms with E-state index < -0.39 is 24.1 Å². The molecule has 0 aromatic carbocycles. The Hall–Kier alpha value is 0.431. The standard InChI is InChI=1S/2C6H12O3.Ba/c2*1-4(2)3-5(7)6(8)9;/h2*4-5,7H,3H2,1-2H3,(H,8,9);/q;;+2/p-2/t2*5-;/m11./s1. The van der Waals surface area contributed by atoms with Crippen LogP contribution >= 0.6 is 0 Å². The maximum Gasteiger partial charge on any atom is 2.00 e. The van der Waals surface area contributed by atoms with Crippen LogP contribution < -0.4 is 10.2 Å². The van der Waals surface area contributed by atoms with Gasteiger partial charge in [0.05, 0.1) is 24.1 Å². The first-order valence-corrected chi connectivity index (χ1v) is 5.85. The Morgan fingerprint density at radius 2 is 1.05 bits per heavy atom. The number of carbonyl (C=O) groups is 2. The Labute approximate surface area is 154 Å². The molecule has 0 unspecified atom stereocenters. The van der Waals surface area contributed by atoms with Crippen molar-refractivity contribution in [3.8, 4) is 0 Å². The molecule has 0 fully saturated rings. The monoisotopic (exact) mass is 400 g/mol. The number of hydrogen-bond donors (Lipinski definition) is 2. The Morgan fingerprint density at radius 1 is 0.842 bits per heavy atom. The summed E-state index contributed by atoms with van der Waals surface area (Å²) in [6, 6.07) is 0. The summed E-state index contributed by atoms with van der Waals surface area (Å²) in [5.41, 5.74) is 0. The van der Waals surface area contributed by atoms with Gasteiger partial charge in [-0.15, -0.1) is 0 Å². The van der Waals surface area contributed by atoms with E-state index in [2.05, 4.69) is 0 Å². The van der Waals surface area contributed by atoms with Gasteiger partial charge in [-0.05, 0) is 24.7 Å². The van der Waals surface area contributed by atoms with Crippen molar-refractivity contribution in [3.63, 3.8) is 0 Å². The van der Waals surface area contributed by atoms with Gasteiger partial charge in [0.25, 0.3) is 0 Å². The fraction of sp³-hybridized carbons (Fsp3) is 0.833. The van der Waals surface area contributed by atoms with E-state index in [9.17, 15) is 19.8 Å². The minimum atomic E-state index is -1.39. The van der Waals surface area contributed by atoms with E-state index in [1.165, 1.54) is 0 Å². The zero-order valence-electron chi connectivity index (χ0n) is 12.0. The third kappa shape index (κ3) is 18.4. The second kappa shape index (κ2) is 13.4. The second-order valence-corrected chi connectivity index (χ2v) is 4.93. The second-order valence-electron chi connectivity index (χ2n) is 4.93. The van der Waals surface area contributed by atoms with E-state index >= 15 is 0 Å². The van der Waals surface area contributed by atoms with Gasteiger partial charge in [-0.25, -0.2) is 0 Å². The van der Waals surface area contributed by atoms with Crippen molar-refractivity contribution in [1.82, 2.24) is 0 Å². The van der Waals surface area contributed by atoms with Gasteiger partial charge < -0.3 is 30.0 Å². The molecule has 0 aromatic heterocycles. The SMILES string of the molecule is CC(C)C[C@@H](O)C(=O)[O-].CC(C)C[C@@H](O)C(=O)[O-].[Ba+2]. The predicted molar refractivity (Wildman–Crippen MR) is 66.7 cm³/mol. The van der Waals surface area contributed by atoms with Crippen LogP contribution in [0.4, 0.5) is 0 Å². The van der Waals surface area contributed by atoms with Gasteiger partial charge in [-0.2, -0.15) is 0 Å². The van der Waals surface area contributed by atoms with E-state index in [1.54, 1.807) is 0 Å². The summed E-state index contributed by atoms with van der Waals surface area (Å²) in [6.07, 6.45) is -2.07. The molecule has 0 aliphatic rings. The first kappa shape index (κ1) is 24.4. The molecule has 0 aliphatic carbocycles. The van der Waals surface area contributed by atoms with E-state index in [4.69, 9.17) is 10.2 Å². The van der Waals surface area contributed by atoms with Gasteiger partial charge >= 0.3 is 48.9 Å². The molecule has 0 radical (unpaired) electrons. The van der Waals surface area contributed by atoms with Crippen molar-refractivity contribution in [2.45, 2.75) is 52.7 Å². The topological polar surface area (TPSA) is 121 Å². The van der Waals surface area contributed by atoms with Gasteiger partial charge in [0.2, 0.25) is 0 Å². The maximum absolute atomic E-state index is 9.87. The van der Waals surface area contributed by atoms with Gasteiger partial charge in [0, 0.05) is 0 Å². The molecule has 0 saturated carbocycles. The molecular formula is C12H22BaO6. The van der Waals surface area contributed by atoms with Gasteiger partial charge in [0.1, 0.15) is 0 Å². The number of rotatable bonds is 6. The van der Waals surface area contributed by atoms with Crippen LogP contribution in [0.5, 0.6) is 0 Å². The van der Waals surface area contributed by atoms with Gasteiger partial charge in [0.15, 0.2) is 0 Å². The van der Waals surface area contributed by atoms with Gasteiger partial charge in [-0.3, -0.25) is 0 Å². The minimum absolute atomic E-state index is 0. The number of hydrogen-bond acceptors (Lipinski definition) is 6. The molecule has 0 spiro atoms. The fourth-order valence-electron chi connectivity index (χ4n) is 1.09. The molecule has 6 nitrogen and oxygen atoms in total. The van der Waals surface area contributed by atoms with Gasteiger partial charge in [-0.1, -0.05) is 27.7 Å². The summed E-state index contributed by atoms with van der Waals surface area (Å²) >= 11 is 0. The summed E-state index contributed by atoms with van der Waals surface area (Å²) < 4.78 is 0. The predicted octanol–water partition coefficient (Wildman–Crippen LogP) is -2.09. The molecule has 2 atom stereocenters. The Kier molecular flexibility index (Phi) is 17.3. The molecule has 0 aliphatic heterocycles. The maximum atomic E-state index is 9.87. The molecule has 0 bridgehead atoms. The molecular weight excluding hydrogens is 377 g/mol. The molecule has 0 saturated heterocycles. The number of carbonyl (C=O) groups excluding carboxylic acids is 2. The van der Waals surface area contributed by atoms with Crippen LogP contribution in [0.1, 0.15) is 40.5 Å². The zero-order valence-corrected chi connectivity index (χ0v) is 16.4. The number of aliphatic hydroxyl groups excluding tert-OH is 2. The largest absolute Gasteiger partial charge is 2.00 e. The first-order valence-electron chi connectivity index (χ1n) is 5.85. The first-order chi connectivity index (χ1) is 8.07. The van der Waals surface area contributed by atoms with Crippen LogP contribution in [0.25, 0.3) is 0 Å². The van der Waals surface area contributed by atoms with E-state index in [1.807, 2.05) is 27.7 Å². The van der Waals surface area contributed by atoms with Crippen molar-refractivity contribution < 1.29 is 30.0 Å². The summed E-state index contributed by atoms with van der Waals surface area (Å²) in [5.74, 6) is -2.39. The molecule has 2 N–H and O–H groups in total. The summed E-state index contributed by atoms with van der Waals surface area (Å²) in [4.78, 5) is 19.7. The van der Waals surface area contributed by atoms with Crippen molar-refractivity contribution in [3.05, 3.63) is 0 Å². The van der Waals surface area contributed by atoms with E-state index in [0.717, 1.165) is 0 Å². The van der Waals surface area contributed by atoms with Crippen LogP contribution in [0.3, 0.4) is 0 Å². The average Bonchev–Trinajstić information content (AvgIpc) is 2.16. The van der Waals surface area contributed by atoms with Crippen LogP contribution in [-0.2, 0) is 9.59 Å². The van der Waals surface area contributed by atoms with E-state index in [0.29, 0.717) is 0 Å². The molecule has 19 heavy (non-hydrogen) atoms. The molecule has 0 aromatic rings. The number of carboxylic acid groups (broad SMARTS) is 2. The fourth-order valence-corrected chi connectivity index (χ4v) is 1.09. The van der Waals surface area contributed by atoms with Crippen LogP contribution in [0, 0.1) is 11.8 Å². The average molecular weight is 400 g/mol. The molecule has 108 valence electrons.